The molecule has 6 nitrogen and oxygen atoms in total. The molecule has 0 spiro atoms. The fourth-order valence-electron chi connectivity index (χ4n) is 3.42. The molecule has 3 rings (SSSR count). The van der Waals surface area contributed by atoms with Crippen LogP contribution in [-0.4, -0.2) is 46.0 Å². The highest BCUT2D eigenvalue weighted by Gasteiger charge is 2.81. The van der Waals surface area contributed by atoms with Gasteiger partial charge in [-0.15, -0.1) is 0 Å². The minimum absolute atomic E-state index is 0.0250. The molecule has 1 aliphatic carbocycles. The zero-order valence-corrected chi connectivity index (χ0v) is 11.9. The Morgan fingerprint density at radius 1 is 1.09 bits per heavy atom. The van der Waals surface area contributed by atoms with E-state index >= 15 is 0 Å². The third kappa shape index (κ3) is 2.08. The fourth-order valence-corrected chi connectivity index (χ4v) is 3.42. The predicted octanol–water partition coefficient (Wildman–Crippen LogP) is 0.895. The van der Waals surface area contributed by atoms with E-state index in [4.69, 9.17) is 0 Å². The lowest BCUT2D eigenvalue weighted by Gasteiger charge is -2.20. The summed E-state index contributed by atoms with van der Waals surface area (Å²) in [5.41, 5.74) is -3.10. The number of carboxylic acids is 2. The number of hydrogen-bond donors (Lipinski definition) is 2. The van der Waals surface area contributed by atoms with Gasteiger partial charge in [0.25, 0.3) is 0 Å². The second-order valence-electron chi connectivity index (χ2n) is 6.11. The summed E-state index contributed by atoms with van der Waals surface area (Å²) in [5, 5.41) is 18.6. The Bertz CT molecular complexity index is 709. The lowest BCUT2D eigenvalue weighted by Crippen LogP contribution is -2.35. The zero-order chi connectivity index (χ0) is 17.0. The standard InChI is InChI=1S/C15H13F2NO5/c16-9-1-2-10(17)8(3-9)4-11(19)18-6-14(12(20)21)5-15(14,7-18)13(22)23/h1-3H,4-7H2,(H,20,21)(H,22,23)/t14-,15+. The number of hydrogen-bond acceptors (Lipinski definition) is 3. The second-order valence-corrected chi connectivity index (χ2v) is 6.11. The van der Waals surface area contributed by atoms with E-state index in [1.165, 1.54) is 0 Å². The van der Waals surface area contributed by atoms with Crippen LogP contribution in [0, 0.1) is 22.5 Å². The maximum atomic E-state index is 13.6. The summed E-state index contributed by atoms with van der Waals surface area (Å²) in [4.78, 5) is 36.1. The summed E-state index contributed by atoms with van der Waals surface area (Å²) in [7, 11) is 0. The average molecular weight is 325 g/mol. The van der Waals surface area contributed by atoms with Gasteiger partial charge in [-0.05, 0) is 24.6 Å². The average Bonchev–Trinajstić information content (AvgIpc) is 3.02. The van der Waals surface area contributed by atoms with E-state index in [0.29, 0.717) is 0 Å². The largest absolute Gasteiger partial charge is 0.481 e. The number of rotatable bonds is 4. The molecule has 2 N–H and O–H groups in total. The lowest BCUT2D eigenvalue weighted by atomic mass is 9.97. The molecule has 23 heavy (non-hydrogen) atoms. The maximum absolute atomic E-state index is 13.6. The van der Waals surface area contributed by atoms with Gasteiger partial charge in [0.2, 0.25) is 5.91 Å². The van der Waals surface area contributed by atoms with Gasteiger partial charge in [0.1, 0.15) is 22.5 Å². The SMILES string of the molecule is O=C(Cc1cc(F)ccc1F)N1C[C@@]2(C(=O)O)C[C@@]2(C(=O)O)C1. The van der Waals surface area contributed by atoms with Gasteiger partial charge < -0.3 is 15.1 Å². The molecular formula is C15H13F2NO5. The van der Waals surface area contributed by atoms with E-state index in [-0.39, 0.29) is 25.1 Å². The first-order chi connectivity index (χ1) is 10.7. The van der Waals surface area contributed by atoms with Crippen molar-refractivity contribution in [3.63, 3.8) is 0 Å². The molecule has 0 aromatic heterocycles. The molecule has 1 saturated carbocycles. The van der Waals surface area contributed by atoms with Crippen molar-refractivity contribution < 1.29 is 33.4 Å². The smallest absolute Gasteiger partial charge is 0.312 e. The number of piperidine rings is 1. The summed E-state index contributed by atoms with van der Waals surface area (Å²) in [6.45, 7) is -0.463. The number of carbonyl (C=O) groups is 3. The molecule has 1 heterocycles. The second kappa shape index (κ2) is 4.74. The van der Waals surface area contributed by atoms with Crippen molar-refractivity contribution in [1.82, 2.24) is 4.90 Å². The van der Waals surface area contributed by atoms with Gasteiger partial charge in [0.15, 0.2) is 0 Å². The van der Waals surface area contributed by atoms with E-state index in [2.05, 4.69) is 0 Å². The monoisotopic (exact) mass is 325 g/mol. The highest BCUT2D eigenvalue weighted by molar-refractivity contribution is 5.96. The van der Waals surface area contributed by atoms with Crippen LogP contribution in [0.3, 0.4) is 0 Å². The fraction of sp³-hybridized carbons (Fsp3) is 0.400. The van der Waals surface area contributed by atoms with E-state index in [0.717, 1.165) is 23.1 Å². The van der Waals surface area contributed by atoms with E-state index in [1.807, 2.05) is 0 Å². The van der Waals surface area contributed by atoms with Crippen LogP contribution in [0.1, 0.15) is 12.0 Å². The predicted molar refractivity (Wildman–Crippen MR) is 71.4 cm³/mol. The Kier molecular flexibility index (Phi) is 3.17. The first-order valence-electron chi connectivity index (χ1n) is 6.90. The van der Waals surface area contributed by atoms with Crippen molar-refractivity contribution in [3.05, 3.63) is 35.4 Å². The van der Waals surface area contributed by atoms with Crippen LogP contribution in [0.4, 0.5) is 8.78 Å². The zero-order valence-electron chi connectivity index (χ0n) is 11.9. The van der Waals surface area contributed by atoms with Crippen molar-refractivity contribution in [3.8, 4) is 0 Å². The molecule has 2 fully saturated rings. The van der Waals surface area contributed by atoms with Crippen molar-refractivity contribution in [2.75, 3.05) is 13.1 Å². The molecule has 1 aromatic carbocycles. The van der Waals surface area contributed by atoms with Crippen LogP contribution in [0.15, 0.2) is 18.2 Å². The number of likely N-dealkylation sites (tertiary alicyclic amines) is 1. The number of carbonyl (C=O) groups excluding carboxylic acids is 1. The van der Waals surface area contributed by atoms with Gasteiger partial charge in [-0.25, -0.2) is 8.78 Å². The topological polar surface area (TPSA) is 94.9 Å². The van der Waals surface area contributed by atoms with Crippen LogP contribution in [-0.2, 0) is 20.8 Å². The molecule has 0 radical (unpaired) electrons. The first kappa shape index (κ1) is 15.4. The maximum Gasteiger partial charge on any atom is 0.312 e. The molecule has 122 valence electrons. The molecule has 1 aliphatic heterocycles. The third-order valence-electron chi connectivity index (χ3n) is 4.84. The van der Waals surface area contributed by atoms with Gasteiger partial charge in [0, 0.05) is 18.7 Å². The van der Waals surface area contributed by atoms with Crippen molar-refractivity contribution >= 4 is 17.8 Å². The lowest BCUT2D eigenvalue weighted by molar-refractivity contribution is -0.151. The Morgan fingerprint density at radius 3 is 2.17 bits per heavy atom. The number of amides is 1. The molecule has 8 heteroatoms. The summed E-state index contributed by atoms with van der Waals surface area (Å²) in [6, 6.07) is 2.72. The van der Waals surface area contributed by atoms with Crippen molar-refractivity contribution in [2.24, 2.45) is 10.8 Å². The van der Waals surface area contributed by atoms with Gasteiger partial charge >= 0.3 is 11.9 Å². The summed E-state index contributed by atoms with van der Waals surface area (Å²) < 4.78 is 26.7. The number of nitrogens with zero attached hydrogens (tertiary/aromatic N) is 1. The normalized spacial score (nSPS) is 28.3. The highest BCUT2D eigenvalue weighted by atomic mass is 19.1. The minimum atomic E-state index is -1.48. The number of aliphatic carboxylic acids is 2. The Labute approximate surface area is 129 Å². The van der Waals surface area contributed by atoms with Crippen LogP contribution in [0.5, 0.6) is 0 Å². The van der Waals surface area contributed by atoms with Gasteiger partial charge in [-0.3, -0.25) is 14.4 Å². The number of fused-ring (bicyclic) bond motifs is 1. The van der Waals surface area contributed by atoms with E-state index < -0.39 is 46.7 Å². The van der Waals surface area contributed by atoms with Crippen LogP contribution >= 0.6 is 0 Å². The summed E-state index contributed by atoms with van der Waals surface area (Å²) in [5.74, 6) is -4.57. The minimum Gasteiger partial charge on any atom is -0.481 e. The molecule has 0 unspecified atom stereocenters. The summed E-state index contributed by atoms with van der Waals surface area (Å²) in [6.07, 6.45) is -0.474. The van der Waals surface area contributed by atoms with E-state index in [9.17, 15) is 33.4 Å². The summed E-state index contributed by atoms with van der Waals surface area (Å²) >= 11 is 0. The number of carboxylic acid groups (broad SMARTS) is 2. The van der Waals surface area contributed by atoms with Gasteiger partial charge in [-0.1, -0.05) is 0 Å². The molecule has 2 atom stereocenters. The van der Waals surface area contributed by atoms with Crippen LogP contribution in [0.2, 0.25) is 0 Å². The molecular weight excluding hydrogens is 312 g/mol. The molecule has 0 bridgehead atoms. The molecule has 1 saturated heterocycles. The Hall–Kier alpha value is -2.51. The Balaban J connectivity index is 1.79. The number of benzene rings is 1. The van der Waals surface area contributed by atoms with Crippen molar-refractivity contribution in [2.45, 2.75) is 12.8 Å². The van der Waals surface area contributed by atoms with Crippen LogP contribution < -0.4 is 0 Å². The molecule has 1 amide bonds. The van der Waals surface area contributed by atoms with Crippen molar-refractivity contribution in [1.29, 1.82) is 0 Å². The molecule has 2 aliphatic rings. The van der Waals surface area contributed by atoms with Gasteiger partial charge in [-0.2, -0.15) is 0 Å². The van der Waals surface area contributed by atoms with Gasteiger partial charge in [0.05, 0.1) is 6.42 Å². The quantitative estimate of drug-likeness (QED) is 0.857. The Morgan fingerprint density at radius 2 is 1.65 bits per heavy atom. The first-order valence-corrected chi connectivity index (χ1v) is 6.90. The third-order valence-corrected chi connectivity index (χ3v) is 4.84. The van der Waals surface area contributed by atoms with E-state index in [1.54, 1.807) is 0 Å². The van der Waals surface area contributed by atoms with Crippen LogP contribution in [0.25, 0.3) is 0 Å². The number of halogens is 2. The highest BCUT2D eigenvalue weighted by Crippen LogP contribution is 2.68. The molecule has 1 aromatic rings.